The number of carbonyl (C=O) groups is 1. The maximum Gasteiger partial charge on any atom is 0.240 e. The predicted molar refractivity (Wildman–Crippen MR) is 117 cm³/mol. The van der Waals surface area contributed by atoms with Crippen LogP contribution < -0.4 is 10.2 Å². The minimum atomic E-state index is -0.0263. The molecule has 0 aromatic carbocycles. The molecule has 160 valence electrons. The van der Waals surface area contributed by atoms with E-state index in [2.05, 4.69) is 30.2 Å². The van der Waals surface area contributed by atoms with Crippen LogP contribution in [0.4, 0.5) is 5.95 Å². The van der Waals surface area contributed by atoms with E-state index in [0.29, 0.717) is 6.04 Å². The summed E-state index contributed by atoms with van der Waals surface area (Å²) in [6, 6.07) is 6.22. The molecule has 0 aliphatic carbocycles. The molecule has 3 aliphatic rings. The zero-order valence-corrected chi connectivity index (χ0v) is 18.1. The van der Waals surface area contributed by atoms with Gasteiger partial charge in [0.15, 0.2) is 5.82 Å². The molecule has 2 atom stereocenters. The summed E-state index contributed by atoms with van der Waals surface area (Å²) in [4.78, 5) is 28.6. The quantitative estimate of drug-likeness (QED) is 0.747. The third-order valence-electron chi connectivity index (χ3n) is 6.15. The molecule has 5 heterocycles. The van der Waals surface area contributed by atoms with Crippen molar-refractivity contribution in [3.05, 3.63) is 30.2 Å². The van der Waals surface area contributed by atoms with Crippen molar-refractivity contribution in [2.24, 2.45) is 0 Å². The van der Waals surface area contributed by atoms with Gasteiger partial charge in [0.05, 0.1) is 11.9 Å². The highest BCUT2D eigenvalue weighted by Crippen LogP contribution is 2.23. The number of hydrogen-bond donors (Lipinski definition) is 1. The molecule has 3 fully saturated rings. The molecular weight excluding hydrogens is 400 g/mol. The van der Waals surface area contributed by atoms with Gasteiger partial charge in [-0.05, 0) is 25.5 Å². The van der Waals surface area contributed by atoms with Crippen molar-refractivity contribution in [1.82, 2.24) is 34.9 Å². The highest BCUT2D eigenvalue weighted by Gasteiger charge is 2.37. The molecule has 9 nitrogen and oxygen atoms in total. The van der Waals surface area contributed by atoms with Crippen LogP contribution in [-0.2, 0) is 4.79 Å². The van der Waals surface area contributed by atoms with E-state index in [4.69, 9.17) is 0 Å². The smallest absolute Gasteiger partial charge is 0.240 e. The number of hydrogen-bond acceptors (Lipinski definition) is 8. The highest BCUT2D eigenvalue weighted by atomic mass is 32.2. The molecule has 1 N–H and O–H groups in total. The van der Waals surface area contributed by atoms with Crippen LogP contribution in [0.5, 0.6) is 0 Å². The molecule has 0 saturated carbocycles. The molecule has 0 unspecified atom stereocenters. The molecular formula is C20H28N8OS. The second-order valence-corrected chi connectivity index (χ2v) is 9.15. The standard InChI is InChI=1S/C20H28N8OS/c1-15-23-20(28(24-15)18-4-2-3-5-21-18)26-8-6-25(7-9-26)16-12-17(22-13-16)19(29)27-10-11-30-14-27/h2-5,16-17,22H,6-14H2,1H3/t16-,17-/m0/s1. The number of aromatic nitrogens is 4. The second-order valence-electron chi connectivity index (χ2n) is 8.07. The van der Waals surface area contributed by atoms with E-state index in [1.807, 2.05) is 46.5 Å². The van der Waals surface area contributed by atoms with Gasteiger partial charge in [0.25, 0.3) is 0 Å². The molecule has 0 bridgehead atoms. The van der Waals surface area contributed by atoms with E-state index in [-0.39, 0.29) is 11.9 Å². The fraction of sp³-hybridized carbons (Fsp3) is 0.600. The lowest BCUT2D eigenvalue weighted by Gasteiger charge is -2.38. The van der Waals surface area contributed by atoms with Crippen LogP contribution in [0, 0.1) is 6.92 Å². The van der Waals surface area contributed by atoms with Crippen LogP contribution >= 0.6 is 11.8 Å². The Bertz CT molecular complexity index is 876. The van der Waals surface area contributed by atoms with Crippen LogP contribution in [0.3, 0.4) is 0 Å². The summed E-state index contributed by atoms with van der Waals surface area (Å²) in [5.41, 5.74) is 0. The molecule has 3 aliphatic heterocycles. The summed E-state index contributed by atoms with van der Waals surface area (Å²) < 4.78 is 1.84. The normalized spacial score (nSPS) is 25.2. The van der Waals surface area contributed by atoms with E-state index < -0.39 is 0 Å². The number of carbonyl (C=O) groups excluding carboxylic acids is 1. The van der Waals surface area contributed by atoms with Crippen molar-refractivity contribution in [3.8, 4) is 5.82 Å². The number of amides is 1. The Balaban J connectivity index is 1.20. The topological polar surface area (TPSA) is 82.4 Å². The monoisotopic (exact) mass is 428 g/mol. The number of nitrogens with one attached hydrogen (secondary N) is 1. The molecule has 5 rings (SSSR count). The first kappa shape index (κ1) is 19.8. The van der Waals surface area contributed by atoms with Crippen molar-refractivity contribution in [2.45, 2.75) is 25.4 Å². The molecule has 3 saturated heterocycles. The van der Waals surface area contributed by atoms with Gasteiger partial charge in [-0.1, -0.05) is 6.07 Å². The van der Waals surface area contributed by atoms with Crippen LogP contribution in [0.15, 0.2) is 24.4 Å². The Morgan fingerprint density at radius 2 is 2.07 bits per heavy atom. The Morgan fingerprint density at radius 1 is 1.20 bits per heavy atom. The Morgan fingerprint density at radius 3 is 2.80 bits per heavy atom. The van der Waals surface area contributed by atoms with Gasteiger partial charge in [-0.15, -0.1) is 16.9 Å². The lowest BCUT2D eigenvalue weighted by atomic mass is 10.1. The Hall–Kier alpha value is -2.17. The van der Waals surface area contributed by atoms with Crippen LogP contribution in [0.25, 0.3) is 5.82 Å². The lowest BCUT2D eigenvalue weighted by molar-refractivity contribution is -0.131. The SMILES string of the molecule is Cc1nc(N2CCN([C@@H]3CN[C@H](C(=O)N4CCSC4)C3)CC2)n(-c2ccccn2)n1. The van der Waals surface area contributed by atoms with Gasteiger partial charge in [-0.3, -0.25) is 9.69 Å². The molecule has 2 aromatic heterocycles. The van der Waals surface area contributed by atoms with E-state index >= 15 is 0 Å². The maximum atomic E-state index is 12.7. The summed E-state index contributed by atoms with van der Waals surface area (Å²) >= 11 is 1.84. The van der Waals surface area contributed by atoms with Crippen LogP contribution in [-0.4, -0.2) is 98.4 Å². The van der Waals surface area contributed by atoms with Gasteiger partial charge in [0, 0.05) is 57.3 Å². The van der Waals surface area contributed by atoms with Gasteiger partial charge < -0.3 is 15.1 Å². The van der Waals surface area contributed by atoms with Crippen molar-refractivity contribution >= 4 is 23.6 Å². The van der Waals surface area contributed by atoms with E-state index in [1.165, 1.54) is 0 Å². The van der Waals surface area contributed by atoms with Crippen molar-refractivity contribution < 1.29 is 4.79 Å². The van der Waals surface area contributed by atoms with Crippen LogP contribution in [0.2, 0.25) is 0 Å². The van der Waals surface area contributed by atoms with Crippen LogP contribution in [0.1, 0.15) is 12.2 Å². The van der Waals surface area contributed by atoms with E-state index in [1.54, 1.807) is 6.20 Å². The molecule has 0 radical (unpaired) electrons. The van der Waals surface area contributed by atoms with Crippen molar-refractivity contribution in [2.75, 3.05) is 55.8 Å². The number of aryl methyl sites for hydroxylation is 1. The molecule has 0 spiro atoms. The van der Waals surface area contributed by atoms with Gasteiger partial charge in [-0.2, -0.15) is 9.67 Å². The number of pyridine rings is 1. The largest absolute Gasteiger partial charge is 0.338 e. The zero-order valence-electron chi connectivity index (χ0n) is 17.3. The van der Waals surface area contributed by atoms with E-state index in [0.717, 1.165) is 74.9 Å². The maximum absolute atomic E-state index is 12.7. The number of rotatable bonds is 4. The Labute approximate surface area is 180 Å². The number of nitrogens with zero attached hydrogens (tertiary/aromatic N) is 7. The van der Waals surface area contributed by atoms with Crippen molar-refractivity contribution in [1.29, 1.82) is 0 Å². The fourth-order valence-corrected chi connectivity index (χ4v) is 5.48. The first-order valence-corrected chi connectivity index (χ1v) is 11.8. The van der Waals surface area contributed by atoms with Gasteiger partial charge in [0.2, 0.25) is 11.9 Å². The lowest BCUT2D eigenvalue weighted by Crippen LogP contribution is -2.51. The minimum Gasteiger partial charge on any atom is -0.338 e. The molecule has 2 aromatic rings. The third-order valence-corrected chi connectivity index (χ3v) is 7.11. The van der Waals surface area contributed by atoms with Gasteiger partial charge >= 0.3 is 0 Å². The highest BCUT2D eigenvalue weighted by molar-refractivity contribution is 7.99. The number of piperazine rings is 1. The van der Waals surface area contributed by atoms with Crippen molar-refractivity contribution in [3.63, 3.8) is 0 Å². The minimum absolute atomic E-state index is 0.0263. The summed E-state index contributed by atoms with van der Waals surface area (Å²) in [7, 11) is 0. The Kier molecular flexibility index (Phi) is 5.62. The second kappa shape index (κ2) is 8.52. The van der Waals surface area contributed by atoms with E-state index in [9.17, 15) is 4.79 Å². The fourth-order valence-electron chi connectivity index (χ4n) is 4.52. The molecule has 1 amide bonds. The first-order valence-electron chi connectivity index (χ1n) is 10.6. The van der Waals surface area contributed by atoms with Gasteiger partial charge in [-0.25, -0.2) is 4.98 Å². The third kappa shape index (κ3) is 3.91. The summed E-state index contributed by atoms with van der Waals surface area (Å²) in [5, 5.41) is 8.02. The first-order chi connectivity index (χ1) is 14.7. The number of anilines is 1. The van der Waals surface area contributed by atoms with Gasteiger partial charge in [0.1, 0.15) is 5.82 Å². The summed E-state index contributed by atoms with van der Waals surface area (Å²) in [6.45, 7) is 7.40. The predicted octanol–water partition coefficient (Wildman–Crippen LogP) is 0.356. The zero-order chi connectivity index (χ0) is 20.5. The molecule has 30 heavy (non-hydrogen) atoms. The summed E-state index contributed by atoms with van der Waals surface area (Å²) in [6.07, 6.45) is 2.68. The average Bonchev–Trinajstić information content (AvgIpc) is 3.55. The number of thioether (sulfide) groups is 1. The average molecular weight is 429 g/mol. The molecule has 10 heteroatoms. The summed E-state index contributed by atoms with van der Waals surface area (Å²) in [5.74, 6) is 4.58.